The normalized spacial score (nSPS) is 10.2. The smallest absolute Gasteiger partial charge is 0.258 e. The van der Waals surface area contributed by atoms with Crippen LogP contribution >= 0.6 is 34.8 Å². The van der Waals surface area contributed by atoms with E-state index in [1.54, 1.807) is 24.3 Å². The minimum absolute atomic E-state index is 0.173. The first-order chi connectivity index (χ1) is 10.1. The van der Waals surface area contributed by atoms with Crippen LogP contribution in [0.3, 0.4) is 0 Å². The Labute approximate surface area is 137 Å². The number of amides is 1. The number of hydrogen-bond acceptors (Lipinski definition) is 2. The lowest BCUT2D eigenvalue weighted by molar-refractivity contribution is -0.123. The highest BCUT2D eigenvalue weighted by atomic mass is 35.5. The molecule has 1 N–H and O–H groups in total. The number of carbonyl (C=O) groups is 1. The van der Waals surface area contributed by atoms with Crippen LogP contribution in [0.15, 0.2) is 42.5 Å². The zero-order valence-electron chi connectivity index (χ0n) is 10.9. The SMILES string of the molecule is O=C(COc1c(Cl)cccc1Cl)NCc1ccccc1Cl. The van der Waals surface area contributed by atoms with E-state index in [1.165, 1.54) is 0 Å². The van der Waals surface area contributed by atoms with Crippen molar-refractivity contribution in [2.45, 2.75) is 6.54 Å². The lowest BCUT2D eigenvalue weighted by Gasteiger charge is -2.10. The lowest BCUT2D eigenvalue weighted by Crippen LogP contribution is -2.28. The summed E-state index contributed by atoms with van der Waals surface area (Å²) in [7, 11) is 0. The van der Waals surface area contributed by atoms with Crippen LogP contribution in [0, 0.1) is 0 Å². The molecular formula is C15H12Cl3NO2. The molecule has 0 saturated carbocycles. The van der Waals surface area contributed by atoms with Crippen molar-refractivity contribution in [1.82, 2.24) is 5.32 Å². The van der Waals surface area contributed by atoms with Gasteiger partial charge in [-0.25, -0.2) is 0 Å². The average molecular weight is 345 g/mol. The molecule has 0 saturated heterocycles. The second-order valence-corrected chi connectivity index (χ2v) is 5.43. The van der Waals surface area contributed by atoms with Gasteiger partial charge >= 0.3 is 0 Å². The fourth-order valence-corrected chi connectivity index (χ4v) is 2.35. The summed E-state index contributed by atoms with van der Waals surface area (Å²) < 4.78 is 5.34. The standard InChI is InChI=1S/C15H12Cl3NO2/c16-11-5-2-1-4-10(11)8-19-14(20)9-21-15-12(17)6-3-7-13(15)18/h1-7H,8-9H2,(H,19,20). The monoisotopic (exact) mass is 343 g/mol. The van der Waals surface area contributed by atoms with E-state index in [-0.39, 0.29) is 12.5 Å². The largest absolute Gasteiger partial charge is 0.481 e. The van der Waals surface area contributed by atoms with Crippen LogP contribution in [-0.4, -0.2) is 12.5 Å². The predicted molar refractivity (Wildman–Crippen MR) is 85.3 cm³/mol. The van der Waals surface area contributed by atoms with Gasteiger partial charge in [0, 0.05) is 11.6 Å². The van der Waals surface area contributed by atoms with Crippen molar-refractivity contribution < 1.29 is 9.53 Å². The maximum absolute atomic E-state index is 11.8. The number of nitrogens with one attached hydrogen (secondary N) is 1. The van der Waals surface area contributed by atoms with Gasteiger partial charge in [0.15, 0.2) is 12.4 Å². The van der Waals surface area contributed by atoms with Crippen LogP contribution < -0.4 is 10.1 Å². The summed E-state index contributed by atoms with van der Waals surface area (Å²) in [6, 6.07) is 12.3. The van der Waals surface area contributed by atoms with E-state index >= 15 is 0 Å². The molecule has 0 heterocycles. The maximum atomic E-state index is 11.8. The Kier molecular flexibility index (Phi) is 5.74. The molecule has 2 rings (SSSR count). The zero-order chi connectivity index (χ0) is 15.2. The molecule has 6 heteroatoms. The Morgan fingerprint density at radius 3 is 2.24 bits per heavy atom. The van der Waals surface area contributed by atoms with Crippen LogP contribution in [-0.2, 0) is 11.3 Å². The topological polar surface area (TPSA) is 38.3 Å². The van der Waals surface area contributed by atoms with Gasteiger partial charge in [0.2, 0.25) is 0 Å². The highest BCUT2D eigenvalue weighted by Crippen LogP contribution is 2.32. The molecule has 0 aliphatic heterocycles. The van der Waals surface area contributed by atoms with Crippen LogP contribution in [0.25, 0.3) is 0 Å². The Hall–Kier alpha value is -1.42. The van der Waals surface area contributed by atoms with E-state index in [0.717, 1.165) is 5.56 Å². The number of ether oxygens (including phenoxy) is 1. The first-order valence-corrected chi connectivity index (χ1v) is 7.28. The van der Waals surface area contributed by atoms with Crippen molar-refractivity contribution in [3.05, 3.63) is 63.1 Å². The number of para-hydroxylation sites is 1. The van der Waals surface area contributed by atoms with Gasteiger partial charge in [-0.1, -0.05) is 59.1 Å². The first kappa shape index (κ1) is 16.0. The molecule has 0 bridgehead atoms. The summed E-state index contributed by atoms with van der Waals surface area (Å²) in [5.41, 5.74) is 0.836. The summed E-state index contributed by atoms with van der Waals surface area (Å²) in [6.45, 7) is 0.159. The molecule has 0 aromatic heterocycles. The maximum Gasteiger partial charge on any atom is 0.258 e. The Bertz CT molecular complexity index is 626. The average Bonchev–Trinajstić information content (AvgIpc) is 2.46. The van der Waals surface area contributed by atoms with E-state index in [0.29, 0.717) is 27.4 Å². The molecule has 0 atom stereocenters. The van der Waals surface area contributed by atoms with Crippen LogP contribution in [0.5, 0.6) is 5.75 Å². The van der Waals surface area contributed by atoms with Crippen LogP contribution in [0.1, 0.15) is 5.56 Å². The van der Waals surface area contributed by atoms with Crippen molar-refractivity contribution in [2.75, 3.05) is 6.61 Å². The Balaban J connectivity index is 1.87. The van der Waals surface area contributed by atoms with Gasteiger partial charge < -0.3 is 10.1 Å². The number of halogens is 3. The van der Waals surface area contributed by atoms with Gasteiger partial charge in [-0.2, -0.15) is 0 Å². The van der Waals surface area contributed by atoms with Gasteiger partial charge in [0.25, 0.3) is 5.91 Å². The number of rotatable bonds is 5. The summed E-state index contributed by atoms with van der Waals surface area (Å²) in [5, 5.41) is 4.04. The molecule has 1 amide bonds. The minimum atomic E-state index is -0.286. The van der Waals surface area contributed by atoms with Crippen molar-refractivity contribution in [1.29, 1.82) is 0 Å². The molecule has 0 radical (unpaired) electrons. The van der Waals surface area contributed by atoms with E-state index < -0.39 is 0 Å². The van der Waals surface area contributed by atoms with Crippen molar-refractivity contribution in [2.24, 2.45) is 0 Å². The third-order valence-corrected chi connectivity index (χ3v) is 3.66. The Morgan fingerprint density at radius 2 is 1.57 bits per heavy atom. The highest BCUT2D eigenvalue weighted by Gasteiger charge is 2.09. The van der Waals surface area contributed by atoms with Gasteiger partial charge in [-0.15, -0.1) is 0 Å². The molecule has 21 heavy (non-hydrogen) atoms. The van der Waals surface area contributed by atoms with Crippen LogP contribution in [0.2, 0.25) is 15.1 Å². The summed E-state index contributed by atoms with van der Waals surface area (Å²) in [5.74, 6) is 0.0135. The summed E-state index contributed by atoms with van der Waals surface area (Å²) in [6.07, 6.45) is 0. The highest BCUT2D eigenvalue weighted by molar-refractivity contribution is 6.37. The van der Waals surface area contributed by atoms with Gasteiger partial charge in [-0.05, 0) is 23.8 Å². The third-order valence-electron chi connectivity index (χ3n) is 2.70. The molecule has 0 aliphatic carbocycles. The molecule has 0 fully saturated rings. The van der Waals surface area contributed by atoms with E-state index in [1.807, 2.05) is 18.2 Å². The first-order valence-electron chi connectivity index (χ1n) is 6.15. The zero-order valence-corrected chi connectivity index (χ0v) is 13.2. The third kappa shape index (κ3) is 4.53. The second kappa shape index (κ2) is 7.55. The van der Waals surface area contributed by atoms with Crippen molar-refractivity contribution in [3.8, 4) is 5.75 Å². The molecule has 2 aromatic carbocycles. The molecular weight excluding hydrogens is 333 g/mol. The van der Waals surface area contributed by atoms with Gasteiger partial charge in [0.1, 0.15) is 0 Å². The molecule has 110 valence electrons. The van der Waals surface area contributed by atoms with E-state index in [2.05, 4.69) is 5.32 Å². The number of carbonyl (C=O) groups excluding carboxylic acids is 1. The van der Waals surface area contributed by atoms with E-state index in [4.69, 9.17) is 39.5 Å². The van der Waals surface area contributed by atoms with Crippen molar-refractivity contribution >= 4 is 40.7 Å². The molecule has 3 nitrogen and oxygen atoms in total. The summed E-state index contributed by atoms with van der Waals surface area (Å²) in [4.78, 5) is 11.8. The predicted octanol–water partition coefficient (Wildman–Crippen LogP) is 4.34. The number of benzene rings is 2. The fourth-order valence-electron chi connectivity index (χ4n) is 1.64. The van der Waals surface area contributed by atoms with Gasteiger partial charge in [0.05, 0.1) is 10.0 Å². The minimum Gasteiger partial charge on any atom is -0.481 e. The quantitative estimate of drug-likeness (QED) is 0.876. The Morgan fingerprint density at radius 1 is 0.952 bits per heavy atom. The fraction of sp³-hybridized carbons (Fsp3) is 0.133. The number of hydrogen-bond donors (Lipinski definition) is 1. The molecule has 0 aliphatic rings. The molecule has 2 aromatic rings. The molecule has 0 unspecified atom stereocenters. The van der Waals surface area contributed by atoms with Gasteiger partial charge in [-0.3, -0.25) is 4.79 Å². The van der Waals surface area contributed by atoms with Crippen molar-refractivity contribution in [3.63, 3.8) is 0 Å². The second-order valence-electron chi connectivity index (χ2n) is 4.21. The lowest BCUT2D eigenvalue weighted by atomic mass is 10.2. The molecule has 0 spiro atoms. The van der Waals surface area contributed by atoms with E-state index in [9.17, 15) is 4.79 Å². The summed E-state index contributed by atoms with van der Waals surface area (Å²) >= 11 is 17.9. The van der Waals surface area contributed by atoms with Crippen LogP contribution in [0.4, 0.5) is 0 Å².